The first-order valence-electron chi connectivity index (χ1n) is 7.92. The van der Waals surface area contributed by atoms with E-state index in [-0.39, 0.29) is 23.0 Å². The molecule has 3 aromatic rings. The summed E-state index contributed by atoms with van der Waals surface area (Å²) < 4.78 is 26.5. The molecular weight excluding hydrogens is 356 g/mol. The minimum atomic E-state index is -1.07. The molecule has 3 rings (SSSR count). The molecule has 0 aliphatic rings. The van der Waals surface area contributed by atoms with Crippen LogP contribution in [0, 0.1) is 21.7 Å². The minimum absolute atomic E-state index is 0.101. The summed E-state index contributed by atoms with van der Waals surface area (Å²) in [4.78, 5) is 20.6. The van der Waals surface area contributed by atoms with E-state index in [4.69, 9.17) is 0 Å². The molecule has 0 aliphatic heterocycles. The number of halogens is 2. The summed E-state index contributed by atoms with van der Waals surface area (Å²) >= 11 is 0. The summed E-state index contributed by atoms with van der Waals surface area (Å²) in [5.74, 6) is -2.10. The van der Waals surface area contributed by atoms with Gasteiger partial charge in [0.25, 0.3) is 0 Å². The third-order valence-corrected chi connectivity index (χ3v) is 3.79. The van der Waals surface area contributed by atoms with E-state index >= 15 is 0 Å². The van der Waals surface area contributed by atoms with Gasteiger partial charge in [-0.1, -0.05) is 30.3 Å². The Morgan fingerprint density at radius 1 is 1.11 bits per heavy atom. The fourth-order valence-corrected chi connectivity index (χ4v) is 2.55. The maximum Gasteiger partial charge on any atom is 0.353 e. The van der Waals surface area contributed by atoms with E-state index in [1.807, 2.05) is 30.3 Å². The van der Waals surface area contributed by atoms with Crippen LogP contribution in [0.3, 0.4) is 0 Å². The molecule has 0 amide bonds. The lowest BCUT2D eigenvalue weighted by molar-refractivity contribution is -0.383. The summed E-state index contributed by atoms with van der Waals surface area (Å²) in [6, 6.07) is 12.5. The molecule has 0 atom stereocenters. The first-order chi connectivity index (χ1) is 13.0. The van der Waals surface area contributed by atoms with Gasteiger partial charge in [0.2, 0.25) is 11.6 Å². The van der Waals surface area contributed by atoms with E-state index in [0.717, 1.165) is 17.7 Å². The van der Waals surface area contributed by atoms with Crippen molar-refractivity contribution in [2.24, 2.45) is 0 Å². The van der Waals surface area contributed by atoms with Crippen molar-refractivity contribution < 1.29 is 13.7 Å². The van der Waals surface area contributed by atoms with E-state index in [0.29, 0.717) is 6.54 Å². The van der Waals surface area contributed by atoms with Crippen LogP contribution in [-0.4, -0.2) is 21.9 Å². The highest BCUT2D eigenvalue weighted by atomic mass is 19.2. The monoisotopic (exact) mass is 371 g/mol. The van der Waals surface area contributed by atoms with Gasteiger partial charge < -0.3 is 10.2 Å². The second-order valence-electron chi connectivity index (χ2n) is 5.75. The maximum absolute atomic E-state index is 13.4. The Kier molecular flexibility index (Phi) is 5.20. The van der Waals surface area contributed by atoms with Gasteiger partial charge in [-0.3, -0.25) is 10.1 Å². The van der Waals surface area contributed by atoms with Crippen molar-refractivity contribution >= 4 is 23.0 Å². The predicted octanol–water partition coefficient (Wildman–Crippen LogP) is 4.04. The van der Waals surface area contributed by atoms with Gasteiger partial charge in [0.15, 0.2) is 11.6 Å². The van der Waals surface area contributed by atoms with Crippen LogP contribution in [0.5, 0.6) is 0 Å². The second kappa shape index (κ2) is 7.73. The van der Waals surface area contributed by atoms with E-state index in [2.05, 4.69) is 15.3 Å². The highest BCUT2D eigenvalue weighted by Gasteiger charge is 2.26. The summed E-state index contributed by atoms with van der Waals surface area (Å²) in [7, 11) is 1.67. The standard InChI is InChI=1S/C18H15F2N5O2/c1-24(10-12-5-3-2-4-6-12)18-16(25(26)27)17(21-11-22-18)23-13-7-8-14(19)15(20)9-13/h2-9,11H,10H2,1H3,(H,21,22,23). The lowest BCUT2D eigenvalue weighted by atomic mass is 10.2. The molecule has 9 heteroatoms. The molecule has 0 fully saturated rings. The van der Waals surface area contributed by atoms with Crippen molar-refractivity contribution in [2.75, 3.05) is 17.3 Å². The zero-order valence-corrected chi connectivity index (χ0v) is 14.3. The Hall–Kier alpha value is -3.62. The van der Waals surface area contributed by atoms with Gasteiger partial charge in [0, 0.05) is 25.3 Å². The molecule has 7 nitrogen and oxygen atoms in total. The van der Waals surface area contributed by atoms with Crippen LogP contribution in [0.15, 0.2) is 54.9 Å². The van der Waals surface area contributed by atoms with Gasteiger partial charge in [0.1, 0.15) is 6.33 Å². The van der Waals surface area contributed by atoms with Crippen molar-refractivity contribution in [3.63, 3.8) is 0 Å². The molecule has 0 unspecified atom stereocenters. The SMILES string of the molecule is CN(Cc1ccccc1)c1ncnc(Nc2ccc(F)c(F)c2)c1[N+](=O)[O-]. The van der Waals surface area contributed by atoms with Crippen molar-refractivity contribution in [2.45, 2.75) is 6.54 Å². The molecule has 0 spiro atoms. The minimum Gasteiger partial charge on any atom is -0.349 e. The first kappa shape index (κ1) is 18.2. The van der Waals surface area contributed by atoms with Gasteiger partial charge in [0.05, 0.1) is 4.92 Å². The van der Waals surface area contributed by atoms with Gasteiger partial charge in [-0.25, -0.2) is 18.7 Å². The number of nitrogens with one attached hydrogen (secondary N) is 1. The lowest BCUT2D eigenvalue weighted by Crippen LogP contribution is -2.20. The fourth-order valence-electron chi connectivity index (χ4n) is 2.55. The van der Waals surface area contributed by atoms with Gasteiger partial charge in [-0.05, 0) is 17.7 Å². The van der Waals surface area contributed by atoms with Crippen LogP contribution in [-0.2, 0) is 6.54 Å². The van der Waals surface area contributed by atoms with Crippen LogP contribution in [0.1, 0.15) is 5.56 Å². The molecular formula is C18H15F2N5O2. The summed E-state index contributed by atoms with van der Waals surface area (Å²) in [5.41, 5.74) is 0.719. The van der Waals surface area contributed by atoms with Crippen LogP contribution < -0.4 is 10.2 Å². The molecule has 1 heterocycles. The Morgan fingerprint density at radius 2 is 1.85 bits per heavy atom. The quantitative estimate of drug-likeness (QED) is 0.520. The zero-order valence-electron chi connectivity index (χ0n) is 14.3. The van der Waals surface area contributed by atoms with E-state index < -0.39 is 16.6 Å². The Bertz CT molecular complexity index is 969. The fraction of sp³-hybridized carbons (Fsp3) is 0.111. The third kappa shape index (κ3) is 4.14. The maximum atomic E-state index is 13.4. The zero-order chi connectivity index (χ0) is 19.4. The Morgan fingerprint density at radius 3 is 2.52 bits per heavy atom. The average molecular weight is 371 g/mol. The van der Waals surface area contributed by atoms with E-state index in [1.165, 1.54) is 12.4 Å². The predicted molar refractivity (Wildman–Crippen MR) is 96.9 cm³/mol. The van der Waals surface area contributed by atoms with Crippen molar-refractivity contribution in [1.29, 1.82) is 0 Å². The second-order valence-corrected chi connectivity index (χ2v) is 5.75. The Labute approximate surface area is 153 Å². The number of rotatable bonds is 6. The highest BCUT2D eigenvalue weighted by Crippen LogP contribution is 2.33. The lowest BCUT2D eigenvalue weighted by Gasteiger charge is -2.19. The summed E-state index contributed by atoms with van der Waals surface area (Å²) in [6.45, 7) is 0.392. The number of aromatic nitrogens is 2. The molecule has 27 heavy (non-hydrogen) atoms. The molecule has 1 aromatic heterocycles. The first-order valence-corrected chi connectivity index (χ1v) is 7.92. The third-order valence-electron chi connectivity index (χ3n) is 3.79. The largest absolute Gasteiger partial charge is 0.353 e. The summed E-state index contributed by atoms with van der Waals surface area (Å²) in [6.07, 6.45) is 1.17. The molecule has 0 saturated carbocycles. The smallest absolute Gasteiger partial charge is 0.349 e. The van der Waals surface area contributed by atoms with Gasteiger partial charge in [-0.2, -0.15) is 0 Å². The number of nitrogens with zero attached hydrogens (tertiary/aromatic N) is 4. The molecule has 0 aliphatic carbocycles. The van der Waals surface area contributed by atoms with E-state index in [1.54, 1.807) is 11.9 Å². The number of hydrogen-bond donors (Lipinski definition) is 1. The molecule has 0 radical (unpaired) electrons. The average Bonchev–Trinajstić information content (AvgIpc) is 2.65. The van der Waals surface area contributed by atoms with E-state index in [9.17, 15) is 18.9 Å². The van der Waals surface area contributed by atoms with Crippen LogP contribution in [0.25, 0.3) is 0 Å². The van der Waals surface area contributed by atoms with Crippen molar-refractivity contribution in [3.05, 3.63) is 82.2 Å². The van der Waals surface area contributed by atoms with Gasteiger partial charge >= 0.3 is 5.69 Å². The number of benzene rings is 2. The number of anilines is 3. The molecule has 138 valence electrons. The summed E-state index contributed by atoms with van der Waals surface area (Å²) in [5, 5.41) is 14.3. The Balaban J connectivity index is 1.94. The van der Waals surface area contributed by atoms with Crippen molar-refractivity contribution in [3.8, 4) is 0 Å². The molecule has 0 saturated heterocycles. The van der Waals surface area contributed by atoms with Crippen molar-refractivity contribution in [1.82, 2.24) is 9.97 Å². The topological polar surface area (TPSA) is 84.2 Å². The van der Waals surface area contributed by atoms with Crippen LogP contribution in [0.4, 0.5) is 31.8 Å². The number of hydrogen-bond acceptors (Lipinski definition) is 6. The molecule has 0 bridgehead atoms. The van der Waals surface area contributed by atoms with Gasteiger partial charge in [-0.15, -0.1) is 0 Å². The van der Waals surface area contributed by atoms with Crippen LogP contribution >= 0.6 is 0 Å². The molecule has 2 aromatic carbocycles. The number of nitro groups is 1. The highest BCUT2D eigenvalue weighted by molar-refractivity contribution is 5.74. The normalized spacial score (nSPS) is 10.5. The van der Waals surface area contributed by atoms with Crippen LogP contribution in [0.2, 0.25) is 0 Å². The molecule has 1 N–H and O–H groups in total.